The monoisotopic (exact) mass is 406 g/mol. The van der Waals surface area contributed by atoms with Gasteiger partial charge in [0.1, 0.15) is 0 Å². The van der Waals surface area contributed by atoms with Gasteiger partial charge in [0.2, 0.25) is 0 Å². The minimum Gasteiger partial charge on any atom is -0.301 e. The summed E-state index contributed by atoms with van der Waals surface area (Å²) in [6.07, 6.45) is 11.1. The third-order valence-corrected chi connectivity index (χ3v) is 6.00. The first kappa shape index (κ1) is 21.4. The summed E-state index contributed by atoms with van der Waals surface area (Å²) in [5, 5.41) is 0.731. The third kappa shape index (κ3) is 7.90. The Morgan fingerprint density at radius 2 is 1.38 bits per heavy atom. The SMILES string of the molecule is O=c1[nH]c(SCCCCCCCCc2ccccc2)ncc1Cc1ccccc1. The van der Waals surface area contributed by atoms with Gasteiger partial charge < -0.3 is 4.98 Å². The van der Waals surface area contributed by atoms with Crippen LogP contribution in [0.3, 0.4) is 0 Å². The fourth-order valence-corrected chi connectivity index (χ4v) is 4.21. The van der Waals surface area contributed by atoms with E-state index in [1.807, 2.05) is 30.3 Å². The second kappa shape index (κ2) is 12.3. The van der Waals surface area contributed by atoms with Gasteiger partial charge in [-0.3, -0.25) is 4.79 Å². The van der Waals surface area contributed by atoms with E-state index in [4.69, 9.17) is 0 Å². The predicted octanol–water partition coefficient (Wildman–Crippen LogP) is 6.04. The highest BCUT2D eigenvalue weighted by Gasteiger charge is 2.04. The maximum absolute atomic E-state index is 12.3. The molecule has 0 aliphatic heterocycles. The largest absolute Gasteiger partial charge is 0.301 e. The molecule has 1 aromatic heterocycles. The van der Waals surface area contributed by atoms with Gasteiger partial charge in [-0.2, -0.15) is 0 Å². The fourth-order valence-electron chi connectivity index (χ4n) is 3.37. The molecule has 1 heterocycles. The molecule has 0 saturated carbocycles. The molecule has 2 aromatic carbocycles. The Morgan fingerprint density at radius 1 is 0.759 bits per heavy atom. The fraction of sp³-hybridized carbons (Fsp3) is 0.360. The van der Waals surface area contributed by atoms with Crippen LogP contribution in [0.1, 0.15) is 55.2 Å². The van der Waals surface area contributed by atoms with Crippen molar-refractivity contribution in [2.75, 3.05) is 5.75 Å². The molecular weight excluding hydrogens is 376 g/mol. The van der Waals surface area contributed by atoms with Crippen LogP contribution in [-0.4, -0.2) is 15.7 Å². The van der Waals surface area contributed by atoms with Crippen molar-refractivity contribution in [2.45, 2.75) is 56.5 Å². The van der Waals surface area contributed by atoms with Gasteiger partial charge in [-0.1, -0.05) is 98.1 Å². The lowest BCUT2D eigenvalue weighted by Crippen LogP contribution is -2.14. The Bertz CT molecular complexity index is 893. The quantitative estimate of drug-likeness (QED) is 0.227. The summed E-state index contributed by atoms with van der Waals surface area (Å²) in [5.74, 6) is 1.00. The van der Waals surface area contributed by atoms with E-state index in [-0.39, 0.29) is 5.56 Å². The van der Waals surface area contributed by atoms with E-state index in [1.54, 1.807) is 18.0 Å². The highest BCUT2D eigenvalue weighted by molar-refractivity contribution is 7.99. The number of thioether (sulfide) groups is 1. The van der Waals surface area contributed by atoms with Gasteiger partial charge in [-0.25, -0.2) is 4.98 Å². The molecule has 4 heteroatoms. The molecule has 29 heavy (non-hydrogen) atoms. The molecule has 0 radical (unpaired) electrons. The zero-order valence-corrected chi connectivity index (χ0v) is 17.8. The number of nitrogens with one attached hydrogen (secondary N) is 1. The van der Waals surface area contributed by atoms with E-state index in [0.29, 0.717) is 6.42 Å². The Labute approximate surface area is 178 Å². The summed E-state index contributed by atoms with van der Waals surface area (Å²) in [6.45, 7) is 0. The van der Waals surface area contributed by atoms with Crippen molar-refractivity contribution < 1.29 is 0 Å². The number of aromatic amines is 1. The Kier molecular flexibility index (Phi) is 9.05. The van der Waals surface area contributed by atoms with Crippen molar-refractivity contribution in [3.05, 3.63) is 93.9 Å². The predicted molar refractivity (Wildman–Crippen MR) is 123 cm³/mol. The number of hydrogen-bond acceptors (Lipinski definition) is 3. The number of aryl methyl sites for hydroxylation is 1. The summed E-state index contributed by atoms with van der Waals surface area (Å²) >= 11 is 1.65. The molecule has 3 nitrogen and oxygen atoms in total. The molecule has 0 unspecified atom stereocenters. The number of H-pyrrole nitrogens is 1. The topological polar surface area (TPSA) is 45.8 Å². The Hall–Kier alpha value is -2.33. The molecule has 0 aliphatic carbocycles. The van der Waals surface area contributed by atoms with Crippen LogP contribution >= 0.6 is 11.8 Å². The molecule has 0 aliphatic rings. The van der Waals surface area contributed by atoms with Crippen LogP contribution in [0.25, 0.3) is 0 Å². The molecule has 0 atom stereocenters. The minimum atomic E-state index is -0.0234. The van der Waals surface area contributed by atoms with E-state index in [9.17, 15) is 4.79 Å². The van der Waals surface area contributed by atoms with E-state index in [1.165, 1.54) is 50.5 Å². The molecule has 0 fully saturated rings. The van der Waals surface area contributed by atoms with Crippen molar-refractivity contribution >= 4 is 11.8 Å². The van der Waals surface area contributed by atoms with Gasteiger partial charge in [0, 0.05) is 23.9 Å². The number of hydrogen-bond donors (Lipinski definition) is 1. The zero-order valence-electron chi connectivity index (χ0n) is 17.0. The maximum Gasteiger partial charge on any atom is 0.255 e. The van der Waals surface area contributed by atoms with E-state index >= 15 is 0 Å². The van der Waals surface area contributed by atoms with Crippen LogP contribution in [0.15, 0.2) is 76.8 Å². The number of benzene rings is 2. The first-order valence-electron chi connectivity index (χ1n) is 10.6. The zero-order chi connectivity index (χ0) is 20.2. The molecule has 0 bridgehead atoms. The third-order valence-electron chi connectivity index (χ3n) is 5.03. The van der Waals surface area contributed by atoms with Crippen LogP contribution in [0.4, 0.5) is 0 Å². The maximum atomic E-state index is 12.3. The average molecular weight is 407 g/mol. The molecular formula is C25H30N2OS. The smallest absolute Gasteiger partial charge is 0.255 e. The Balaban J connectivity index is 1.27. The van der Waals surface area contributed by atoms with E-state index < -0.39 is 0 Å². The molecule has 0 amide bonds. The summed E-state index contributed by atoms with van der Waals surface area (Å²) < 4.78 is 0. The first-order valence-corrected chi connectivity index (χ1v) is 11.6. The normalized spacial score (nSPS) is 10.9. The van der Waals surface area contributed by atoms with Crippen molar-refractivity contribution in [3.8, 4) is 0 Å². The number of nitrogens with zero attached hydrogens (tertiary/aromatic N) is 1. The van der Waals surface area contributed by atoms with Crippen molar-refractivity contribution in [1.82, 2.24) is 9.97 Å². The number of unbranched alkanes of at least 4 members (excludes halogenated alkanes) is 5. The van der Waals surface area contributed by atoms with Crippen molar-refractivity contribution in [2.24, 2.45) is 0 Å². The highest BCUT2D eigenvalue weighted by Crippen LogP contribution is 2.16. The van der Waals surface area contributed by atoms with Gasteiger partial charge in [0.15, 0.2) is 5.16 Å². The lowest BCUT2D eigenvalue weighted by atomic mass is 10.1. The molecule has 3 aromatic rings. The summed E-state index contributed by atoms with van der Waals surface area (Å²) in [4.78, 5) is 19.6. The van der Waals surface area contributed by atoms with Crippen LogP contribution < -0.4 is 5.56 Å². The van der Waals surface area contributed by atoms with Gasteiger partial charge in [0.05, 0.1) is 0 Å². The van der Waals surface area contributed by atoms with E-state index in [2.05, 4.69) is 40.3 Å². The Morgan fingerprint density at radius 3 is 2.07 bits per heavy atom. The summed E-state index contributed by atoms with van der Waals surface area (Å²) in [7, 11) is 0. The lowest BCUT2D eigenvalue weighted by molar-refractivity contribution is 0.609. The van der Waals surface area contributed by atoms with Crippen LogP contribution in [-0.2, 0) is 12.8 Å². The average Bonchev–Trinajstić information content (AvgIpc) is 2.76. The second-order valence-electron chi connectivity index (χ2n) is 7.41. The summed E-state index contributed by atoms with van der Waals surface area (Å²) in [5.41, 5.74) is 3.27. The lowest BCUT2D eigenvalue weighted by Gasteiger charge is -2.04. The number of aromatic nitrogens is 2. The first-order chi connectivity index (χ1) is 14.3. The molecule has 0 spiro atoms. The van der Waals surface area contributed by atoms with Crippen molar-refractivity contribution in [1.29, 1.82) is 0 Å². The van der Waals surface area contributed by atoms with Gasteiger partial charge in [-0.15, -0.1) is 0 Å². The molecule has 152 valence electrons. The standard InChI is InChI=1S/C25H30N2OS/c28-24-23(19-22-16-10-6-11-17-22)20-26-25(27-24)29-18-12-4-2-1-3-7-13-21-14-8-5-9-15-21/h5-6,8-11,14-17,20H,1-4,7,12-13,18-19H2,(H,26,27,28). The van der Waals surface area contributed by atoms with Gasteiger partial charge in [-0.05, 0) is 30.4 Å². The van der Waals surface area contributed by atoms with Gasteiger partial charge in [0.25, 0.3) is 5.56 Å². The van der Waals surface area contributed by atoms with E-state index in [0.717, 1.165) is 22.0 Å². The van der Waals surface area contributed by atoms with Crippen molar-refractivity contribution in [3.63, 3.8) is 0 Å². The summed E-state index contributed by atoms with van der Waals surface area (Å²) in [6, 6.07) is 20.8. The van der Waals surface area contributed by atoms with Crippen LogP contribution in [0.5, 0.6) is 0 Å². The highest BCUT2D eigenvalue weighted by atomic mass is 32.2. The molecule has 1 N–H and O–H groups in total. The molecule has 0 saturated heterocycles. The second-order valence-corrected chi connectivity index (χ2v) is 8.49. The molecule has 3 rings (SSSR count). The van der Waals surface area contributed by atoms with Gasteiger partial charge >= 0.3 is 0 Å². The minimum absolute atomic E-state index is 0.0234. The van der Waals surface area contributed by atoms with Crippen LogP contribution in [0.2, 0.25) is 0 Å². The number of rotatable bonds is 12. The van der Waals surface area contributed by atoms with Crippen LogP contribution in [0, 0.1) is 0 Å².